The smallest absolute Gasteiger partial charge is 0.254 e. The third-order valence-electron chi connectivity index (χ3n) is 1.95. The van der Waals surface area contributed by atoms with Crippen LogP contribution in [0.5, 0.6) is 11.6 Å². The second-order valence-corrected chi connectivity index (χ2v) is 2.62. The quantitative estimate of drug-likeness (QED) is 0.592. The van der Waals surface area contributed by atoms with Crippen LogP contribution in [0, 0.1) is 20.8 Å². The fraction of sp³-hybridized carbons (Fsp3) is 0.375. The van der Waals surface area contributed by atoms with E-state index in [0.717, 1.165) is 11.3 Å². The molecule has 0 aliphatic rings. The Morgan fingerprint density at radius 2 is 1.55 bits per heavy atom. The average molecular weight is 153 g/mol. The van der Waals surface area contributed by atoms with Gasteiger partial charge in [-0.25, -0.2) is 4.98 Å². The zero-order valence-electron chi connectivity index (χ0n) is 6.84. The van der Waals surface area contributed by atoms with E-state index in [4.69, 9.17) is 5.11 Å². The lowest BCUT2D eigenvalue weighted by Crippen LogP contribution is -1.91. The van der Waals surface area contributed by atoms with Crippen LogP contribution < -0.4 is 0 Å². The maximum atomic E-state index is 9.20. The van der Waals surface area contributed by atoms with E-state index in [-0.39, 0.29) is 11.6 Å². The molecule has 1 aromatic heterocycles. The lowest BCUT2D eigenvalue weighted by molar-refractivity contribution is 0.384. The summed E-state index contributed by atoms with van der Waals surface area (Å²) in [6, 6.07) is 0. The summed E-state index contributed by atoms with van der Waals surface area (Å²) >= 11 is 0. The van der Waals surface area contributed by atoms with Crippen molar-refractivity contribution in [1.82, 2.24) is 4.98 Å². The van der Waals surface area contributed by atoms with Crippen molar-refractivity contribution in [2.24, 2.45) is 0 Å². The van der Waals surface area contributed by atoms with Gasteiger partial charge in [-0.3, -0.25) is 0 Å². The SMILES string of the molecule is Cc1nc(O)c(O)c(C)c1C. The zero-order valence-corrected chi connectivity index (χ0v) is 6.84. The predicted octanol–water partition coefficient (Wildman–Crippen LogP) is 1.42. The van der Waals surface area contributed by atoms with Crippen molar-refractivity contribution in [3.05, 3.63) is 16.8 Å². The first kappa shape index (κ1) is 7.85. The normalized spacial score (nSPS) is 10.1. The Kier molecular flexibility index (Phi) is 1.72. The van der Waals surface area contributed by atoms with Gasteiger partial charge in [-0.05, 0) is 26.3 Å². The first-order valence-corrected chi connectivity index (χ1v) is 3.39. The topological polar surface area (TPSA) is 53.4 Å². The van der Waals surface area contributed by atoms with Crippen molar-refractivity contribution >= 4 is 0 Å². The molecule has 2 N–H and O–H groups in total. The van der Waals surface area contributed by atoms with Crippen molar-refractivity contribution in [1.29, 1.82) is 0 Å². The van der Waals surface area contributed by atoms with Crippen LogP contribution in [0.2, 0.25) is 0 Å². The molecule has 1 aromatic rings. The summed E-state index contributed by atoms with van der Waals surface area (Å²) in [6.45, 7) is 5.40. The van der Waals surface area contributed by atoms with E-state index in [9.17, 15) is 5.11 Å². The third-order valence-corrected chi connectivity index (χ3v) is 1.95. The molecule has 0 atom stereocenters. The highest BCUT2D eigenvalue weighted by Crippen LogP contribution is 2.29. The Morgan fingerprint density at radius 3 is 2.09 bits per heavy atom. The highest BCUT2D eigenvalue weighted by atomic mass is 16.3. The van der Waals surface area contributed by atoms with Crippen LogP contribution in [-0.2, 0) is 0 Å². The molecule has 11 heavy (non-hydrogen) atoms. The molecule has 0 unspecified atom stereocenters. The summed E-state index contributed by atoms with van der Waals surface area (Å²) in [5, 5.41) is 18.2. The molecule has 0 aromatic carbocycles. The van der Waals surface area contributed by atoms with Gasteiger partial charge < -0.3 is 10.2 Å². The van der Waals surface area contributed by atoms with Crippen LogP contribution in [0.4, 0.5) is 0 Å². The zero-order chi connectivity index (χ0) is 8.59. The summed E-state index contributed by atoms with van der Waals surface area (Å²) in [5.41, 5.74) is 2.35. The summed E-state index contributed by atoms with van der Waals surface area (Å²) in [4.78, 5) is 3.74. The van der Waals surface area contributed by atoms with E-state index in [1.165, 1.54) is 0 Å². The molecule has 0 fully saturated rings. The van der Waals surface area contributed by atoms with Gasteiger partial charge in [0.15, 0.2) is 5.75 Å². The minimum Gasteiger partial charge on any atom is -0.503 e. The lowest BCUT2D eigenvalue weighted by atomic mass is 10.1. The van der Waals surface area contributed by atoms with Crippen LogP contribution in [0.1, 0.15) is 16.8 Å². The van der Waals surface area contributed by atoms with Crippen LogP contribution >= 0.6 is 0 Å². The largest absolute Gasteiger partial charge is 0.503 e. The Balaban J connectivity index is 3.46. The number of aryl methyl sites for hydroxylation is 1. The Hall–Kier alpha value is -1.25. The number of aromatic nitrogens is 1. The summed E-state index contributed by atoms with van der Waals surface area (Å²) in [5.74, 6) is -0.404. The molecule has 0 radical (unpaired) electrons. The molecule has 0 saturated heterocycles. The van der Waals surface area contributed by atoms with Gasteiger partial charge in [0.1, 0.15) is 0 Å². The number of aromatic hydroxyl groups is 2. The van der Waals surface area contributed by atoms with E-state index in [2.05, 4.69) is 4.98 Å². The molecule has 0 spiro atoms. The number of rotatable bonds is 0. The van der Waals surface area contributed by atoms with Gasteiger partial charge in [-0.2, -0.15) is 0 Å². The monoisotopic (exact) mass is 153 g/mol. The highest BCUT2D eigenvalue weighted by molar-refractivity contribution is 5.45. The third kappa shape index (κ3) is 1.13. The highest BCUT2D eigenvalue weighted by Gasteiger charge is 2.08. The van der Waals surface area contributed by atoms with Gasteiger partial charge in [0.2, 0.25) is 0 Å². The molecule has 1 rings (SSSR count). The van der Waals surface area contributed by atoms with Gasteiger partial charge in [-0.1, -0.05) is 0 Å². The first-order valence-electron chi connectivity index (χ1n) is 3.39. The molecule has 60 valence electrons. The number of nitrogens with zero attached hydrogens (tertiary/aromatic N) is 1. The Bertz CT molecular complexity index is 268. The summed E-state index contributed by atoms with van der Waals surface area (Å²) in [7, 11) is 0. The summed E-state index contributed by atoms with van der Waals surface area (Å²) in [6.07, 6.45) is 0. The van der Waals surface area contributed by atoms with Crippen molar-refractivity contribution < 1.29 is 10.2 Å². The molecule has 3 heteroatoms. The number of pyridine rings is 1. The van der Waals surface area contributed by atoms with Crippen molar-refractivity contribution in [3.63, 3.8) is 0 Å². The molecule has 1 heterocycles. The molecular weight excluding hydrogens is 142 g/mol. The standard InChI is InChI=1S/C8H11NO2/c1-4-5(2)7(10)8(11)9-6(4)3/h10H,1-3H3,(H,9,11). The van der Waals surface area contributed by atoms with E-state index in [1.807, 2.05) is 6.92 Å². The van der Waals surface area contributed by atoms with Crippen LogP contribution in [0.25, 0.3) is 0 Å². The molecular formula is C8H11NO2. The van der Waals surface area contributed by atoms with Gasteiger partial charge in [0, 0.05) is 11.3 Å². The maximum Gasteiger partial charge on any atom is 0.254 e. The van der Waals surface area contributed by atoms with Crippen LogP contribution in [0.15, 0.2) is 0 Å². The van der Waals surface area contributed by atoms with Crippen molar-refractivity contribution in [3.8, 4) is 11.6 Å². The summed E-state index contributed by atoms with van der Waals surface area (Å²) < 4.78 is 0. The van der Waals surface area contributed by atoms with Gasteiger partial charge in [0.05, 0.1) is 0 Å². The van der Waals surface area contributed by atoms with Crippen molar-refractivity contribution in [2.45, 2.75) is 20.8 Å². The Morgan fingerprint density at radius 1 is 1.00 bits per heavy atom. The molecule has 0 aliphatic carbocycles. The van der Waals surface area contributed by atoms with E-state index in [1.54, 1.807) is 13.8 Å². The maximum absolute atomic E-state index is 9.20. The Labute approximate surface area is 65.3 Å². The van der Waals surface area contributed by atoms with Gasteiger partial charge in [0.25, 0.3) is 5.88 Å². The first-order chi connectivity index (χ1) is 5.04. The fourth-order valence-corrected chi connectivity index (χ4v) is 0.912. The molecule has 0 amide bonds. The van der Waals surface area contributed by atoms with E-state index < -0.39 is 0 Å². The second kappa shape index (κ2) is 2.42. The minimum absolute atomic E-state index is 0.117. The predicted molar refractivity (Wildman–Crippen MR) is 41.8 cm³/mol. The van der Waals surface area contributed by atoms with Gasteiger partial charge >= 0.3 is 0 Å². The molecule has 0 aliphatic heterocycles. The van der Waals surface area contributed by atoms with Gasteiger partial charge in [-0.15, -0.1) is 0 Å². The van der Waals surface area contributed by atoms with E-state index >= 15 is 0 Å². The number of hydrogen-bond acceptors (Lipinski definition) is 3. The van der Waals surface area contributed by atoms with E-state index in [0.29, 0.717) is 5.56 Å². The molecule has 3 nitrogen and oxygen atoms in total. The van der Waals surface area contributed by atoms with Crippen molar-refractivity contribution in [2.75, 3.05) is 0 Å². The molecule has 0 saturated carbocycles. The minimum atomic E-state index is -0.286. The fourth-order valence-electron chi connectivity index (χ4n) is 0.912. The lowest BCUT2D eigenvalue weighted by Gasteiger charge is -2.06. The average Bonchev–Trinajstić information content (AvgIpc) is 1.97. The van der Waals surface area contributed by atoms with Crippen LogP contribution in [0.3, 0.4) is 0 Å². The van der Waals surface area contributed by atoms with Crippen LogP contribution in [-0.4, -0.2) is 15.2 Å². The molecule has 0 bridgehead atoms. The second-order valence-electron chi connectivity index (χ2n) is 2.62. The number of hydrogen-bond donors (Lipinski definition) is 2.